The van der Waals surface area contributed by atoms with Gasteiger partial charge >= 0.3 is 0 Å². The quantitative estimate of drug-likeness (QED) is 0.765. The second-order valence-electron chi connectivity index (χ2n) is 5.32. The maximum atomic E-state index is 9.14. The second-order valence-corrected chi connectivity index (χ2v) is 5.32. The lowest BCUT2D eigenvalue weighted by Gasteiger charge is -2.30. The molecule has 1 unspecified atom stereocenters. The average Bonchev–Trinajstić information content (AvgIpc) is 2.43. The van der Waals surface area contributed by atoms with E-state index in [1.165, 1.54) is 0 Å². The molecular weight excluding hydrogens is 250 g/mol. The van der Waals surface area contributed by atoms with Crippen molar-refractivity contribution in [2.24, 2.45) is 0 Å². The molecule has 1 aromatic rings. The van der Waals surface area contributed by atoms with Gasteiger partial charge in [-0.15, -0.1) is 0 Å². The number of nitrogens with zero attached hydrogens (tertiary/aromatic N) is 3. The van der Waals surface area contributed by atoms with Crippen LogP contribution in [0.2, 0.25) is 0 Å². The third-order valence-corrected chi connectivity index (χ3v) is 3.43. The first-order valence-electron chi connectivity index (χ1n) is 6.97. The van der Waals surface area contributed by atoms with Gasteiger partial charge in [-0.2, -0.15) is 5.26 Å². The maximum Gasteiger partial charge on any atom is 0.136 e. The van der Waals surface area contributed by atoms with Crippen molar-refractivity contribution in [3.05, 3.63) is 29.3 Å². The zero-order valence-electron chi connectivity index (χ0n) is 13.2. The van der Waals surface area contributed by atoms with Crippen LogP contribution in [-0.2, 0) is 6.54 Å². The third kappa shape index (κ3) is 4.52. The first kappa shape index (κ1) is 16.5. The van der Waals surface area contributed by atoms with Crippen molar-refractivity contribution in [2.75, 3.05) is 34.3 Å². The van der Waals surface area contributed by atoms with Crippen LogP contribution in [0.25, 0.3) is 0 Å². The Morgan fingerprint density at radius 3 is 2.55 bits per heavy atom. The predicted octanol–water partition coefficient (Wildman–Crippen LogP) is 2.34. The number of hydrogen-bond acceptors (Lipinski definition) is 4. The Labute approximate surface area is 122 Å². The van der Waals surface area contributed by atoms with Crippen LogP contribution in [0.5, 0.6) is 5.75 Å². The second kappa shape index (κ2) is 7.88. The molecule has 20 heavy (non-hydrogen) atoms. The number of rotatable bonds is 7. The molecule has 1 atom stereocenters. The minimum absolute atomic E-state index is 0.475. The van der Waals surface area contributed by atoms with Crippen molar-refractivity contribution in [1.82, 2.24) is 9.80 Å². The van der Waals surface area contributed by atoms with Gasteiger partial charge in [-0.25, -0.2) is 0 Å². The summed E-state index contributed by atoms with van der Waals surface area (Å²) in [6.07, 6.45) is 0. The Bertz CT molecular complexity index is 465. The van der Waals surface area contributed by atoms with E-state index in [4.69, 9.17) is 10.00 Å². The normalized spacial score (nSPS) is 12.5. The molecule has 0 aromatic heterocycles. The van der Waals surface area contributed by atoms with E-state index in [9.17, 15) is 0 Å². The summed E-state index contributed by atoms with van der Waals surface area (Å²) in [7, 11) is 5.77. The van der Waals surface area contributed by atoms with Crippen molar-refractivity contribution in [3.8, 4) is 11.8 Å². The van der Waals surface area contributed by atoms with Crippen LogP contribution in [0.15, 0.2) is 18.2 Å². The van der Waals surface area contributed by atoms with Gasteiger partial charge < -0.3 is 9.64 Å². The Morgan fingerprint density at radius 2 is 2.05 bits per heavy atom. The number of nitriles is 1. The standard InChI is InChI=1S/C16H25N3O/c1-6-19(13(2)11-18(3)4)12-14-7-8-16(20-5)15(9-14)10-17/h7-9,13H,6,11-12H2,1-5H3. The van der Waals surface area contributed by atoms with E-state index in [-0.39, 0.29) is 0 Å². The summed E-state index contributed by atoms with van der Waals surface area (Å²) in [5, 5.41) is 9.14. The van der Waals surface area contributed by atoms with Crippen molar-refractivity contribution in [2.45, 2.75) is 26.4 Å². The largest absolute Gasteiger partial charge is 0.495 e. The van der Waals surface area contributed by atoms with Crippen LogP contribution in [0.3, 0.4) is 0 Å². The lowest BCUT2D eigenvalue weighted by molar-refractivity contribution is 0.174. The minimum Gasteiger partial charge on any atom is -0.495 e. The highest BCUT2D eigenvalue weighted by atomic mass is 16.5. The lowest BCUT2D eigenvalue weighted by Crippen LogP contribution is -2.39. The molecule has 4 heteroatoms. The maximum absolute atomic E-state index is 9.14. The van der Waals surface area contributed by atoms with E-state index in [2.05, 4.69) is 43.8 Å². The monoisotopic (exact) mass is 275 g/mol. The summed E-state index contributed by atoms with van der Waals surface area (Å²) in [5.41, 5.74) is 1.75. The molecule has 0 fully saturated rings. The van der Waals surface area contributed by atoms with Crippen LogP contribution in [0, 0.1) is 11.3 Å². The van der Waals surface area contributed by atoms with Gasteiger partial charge in [-0.3, -0.25) is 4.90 Å². The van der Waals surface area contributed by atoms with Gasteiger partial charge in [0.1, 0.15) is 11.8 Å². The van der Waals surface area contributed by atoms with Gasteiger partial charge in [-0.1, -0.05) is 13.0 Å². The van der Waals surface area contributed by atoms with Crippen LogP contribution >= 0.6 is 0 Å². The Morgan fingerprint density at radius 1 is 1.35 bits per heavy atom. The van der Waals surface area contributed by atoms with E-state index in [0.717, 1.165) is 25.2 Å². The van der Waals surface area contributed by atoms with E-state index in [1.807, 2.05) is 18.2 Å². The first-order chi connectivity index (χ1) is 9.51. The fourth-order valence-electron chi connectivity index (χ4n) is 2.40. The molecule has 0 aliphatic carbocycles. The van der Waals surface area contributed by atoms with Crippen molar-refractivity contribution < 1.29 is 4.74 Å². The highest BCUT2D eigenvalue weighted by Gasteiger charge is 2.14. The molecule has 0 bridgehead atoms. The van der Waals surface area contributed by atoms with E-state index in [0.29, 0.717) is 17.4 Å². The smallest absolute Gasteiger partial charge is 0.136 e. The lowest BCUT2D eigenvalue weighted by atomic mass is 10.1. The molecule has 0 N–H and O–H groups in total. The van der Waals surface area contributed by atoms with E-state index < -0.39 is 0 Å². The summed E-state index contributed by atoms with van der Waals surface area (Å²) < 4.78 is 5.18. The molecule has 1 aromatic carbocycles. The van der Waals surface area contributed by atoms with Gasteiger partial charge in [0.2, 0.25) is 0 Å². The minimum atomic E-state index is 0.475. The van der Waals surface area contributed by atoms with Crippen molar-refractivity contribution in [3.63, 3.8) is 0 Å². The fraction of sp³-hybridized carbons (Fsp3) is 0.562. The van der Waals surface area contributed by atoms with Crippen LogP contribution in [0.1, 0.15) is 25.0 Å². The van der Waals surface area contributed by atoms with Gasteiger partial charge in [-0.05, 0) is 45.3 Å². The van der Waals surface area contributed by atoms with Crippen LogP contribution in [-0.4, -0.2) is 50.1 Å². The molecule has 0 spiro atoms. The van der Waals surface area contributed by atoms with E-state index in [1.54, 1.807) is 7.11 Å². The topological polar surface area (TPSA) is 39.5 Å². The molecule has 0 aliphatic heterocycles. The highest BCUT2D eigenvalue weighted by molar-refractivity contribution is 5.45. The summed E-state index contributed by atoms with van der Waals surface area (Å²) in [6.45, 7) is 7.27. The number of methoxy groups -OCH3 is 1. The molecular formula is C16H25N3O. The number of hydrogen-bond donors (Lipinski definition) is 0. The van der Waals surface area contributed by atoms with Crippen molar-refractivity contribution in [1.29, 1.82) is 5.26 Å². The predicted molar refractivity (Wildman–Crippen MR) is 81.8 cm³/mol. The zero-order chi connectivity index (χ0) is 15.1. The van der Waals surface area contributed by atoms with Gasteiger partial charge in [0, 0.05) is 19.1 Å². The fourth-order valence-corrected chi connectivity index (χ4v) is 2.40. The van der Waals surface area contributed by atoms with E-state index >= 15 is 0 Å². The summed E-state index contributed by atoms with van der Waals surface area (Å²) in [5.74, 6) is 0.639. The molecule has 0 heterocycles. The molecule has 1 rings (SSSR count). The number of likely N-dealkylation sites (N-methyl/N-ethyl adjacent to an activating group) is 2. The van der Waals surface area contributed by atoms with Gasteiger partial charge in [0.05, 0.1) is 12.7 Å². The number of benzene rings is 1. The van der Waals surface area contributed by atoms with Crippen LogP contribution in [0.4, 0.5) is 0 Å². The Balaban J connectivity index is 2.82. The third-order valence-electron chi connectivity index (χ3n) is 3.43. The first-order valence-corrected chi connectivity index (χ1v) is 6.97. The molecule has 0 aliphatic rings. The zero-order valence-corrected chi connectivity index (χ0v) is 13.2. The van der Waals surface area contributed by atoms with Gasteiger partial charge in [0.15, 0.2) is 0 Å². The highest BCUT2D eigenvalue weighted by Crippen LogP contribution is 2.20. The van der Waals surface area contributed by atoms with Crippen molar-refractivity contribution >= 4 is 0 Å². The molecule has 0 saturated carbocycles. The SMILES string of the molecule is CCN(Cc1ccc(OC)c(C#N)c1)C(C)CN(C)C. The Hall–Kier alpha value is -1.57. The van der Waals surface area contributed by atoms with Crippen LogP contribution < -0.4 is 4.74 Å². The molecule has 110 valence electrons. The summed E-state index contributed by atoms with van der Waals surface area (Å²) in [4.78, 5) is 4.60. The summed E-state index contributed by atoms with van der Waals surface area (Å²) in [6, 6.07) is 8.49. The van der Waals surface area contributed by atoms with Gasteiger partial charge in [0.25, 0.3) is 0 Å². The molecule has 0 amide bonds. The molecule has 4 nitrogen and oxygen atoms in total. The average molecular weight is 275 g/mol. The summed E-state index contributed by atoms with van der Waals surface area (Å²) >= 11 is 0. The molecule has 0 saturated heterocycles. The molecule has 0 radical (unpaired) electrons. The Kier molecular flexibility index (Phi) is 6.50. The number of ether oxygens (including phenoxy) is 1.